The average molecular weight is 357 g/mol. The van der Waals surface area contributed by atoms with Crippen molar-refractivity contribution >= 4 is 27.6 Å². The van der Waals surface area contributed by atoms with E-state index in [1.54, 1.807) is 6.92 Å². The minimum atomic E-state index is -0.644. The predicted molar refractivity (Wildman–Crippen MR) is 73.3 cm³/mol. The first kappa shape index (κ1) is 15.0. The molecule has 1 aromatic heterocycles. The molecule has 2 rings (SSSR count). The predicted octanol–water partition coefficient (Wildman–Crippen LogP) is 3.31. The smallest absolute Gasteiger partial charge is 0.399 e. The van der Waals surface area contributed by atoms with Crippen molar-refractivity contribution in [2.24, 2.45) is 0 Å². The molecule has 0 aliphatic carbocycles. The highest BCUT2D eigenvalue weighted by Crippen LogP contribution is 2.36. The third-order valence-corrected chi connectivity index (χ3v) is 3.10. The summed E-state index contributed by atoms with van der Waals surface area (Å²) < 4.78 is 15.1. The van der Waals surface area contributed by atoms with E-state index in [2.05, 4.69) is 20.9 Å². The van der Waals surface area contributed by atoms with E-state index in [1.807, 2.05) is 0 Å². The molecule has 0 N–H and O–H groups in total. The normalized spacial score (nSPS) is 10.2. The van der Waals surface area contributed by atoms with Crippen LogP contribution in [0.1, 0.15) is 17.4 Å². The number of halogens is 1. The lowest BCUT2D eigenvalue weighted by Crippen LogP contribution is -2.04. The van der Waals surface area contributed by atoms with Crippen molar-refractivity contribution in [3.05, 3.63) is 44.7 Å². The molecular weight excluding hydrogens is 348 g/mol. The van der Waals surface area contributed by atoms with E-state index in [-0.39, 0.29) is 34.3 Å². The van der Waals surface area contributed by atoms with Crippen LogP contribution < -0.4 is 4.74 Å². The zero-order chi connectivity index (χ0) is 15.4. The summed E-state index contributed by atoms with van der Waals surface area (Å²) in [5, 5.41) is 10.8. The van der Waals surface area contributed by atoms with Crippen LogP contribution in [0.4, 0.5) is 5.69 Å². The van der Waals surface area contributed by atoms with Gasteiger partial charge in [-0.15, -0.1) is 0 Å². The fourth-order valence-electron chi connectivity index (χ4n) is 1.42. The molecule has 0 saturated heterocycles. The summed E-state index contributed by atoms with van der Waals surface area (Å²) in [4.78, 5) is 25.5. The lowest BCUT2D eigenvalue weighted by Gasteiger charge is -2.03. The molecule has 1 heterocycles. The van der Waals surface area contributed by atoms with Crippen LogP contribution in [0.5, 0.6) is 11.8 Å². The van der Waals surface area contributed by atoms with E-state index in [4.69, 9.17) is 13.9 Å². The second-order valence-electron chi connectivity index (χ2n) is 3.67. The monoisotopic (exact) mass is 356 g/mol. The first-order chi connectivity index (χ1) is 10.0. The molecule has 0 unspecified atom stereocenters. The van der Waals surface area contributed by atoms with E-state index < -0.39 is 10.9 Å². The van der Waals surface area contributed by atoms with Crippen molar-refractivity contribution in [2.45, 2.75) is 6.92 Å². The Bertz CT molecular complexity index is 684. The highest BCUT2D eigenvalue weighted by molar-refractivity contribution is 9.10. The average Bonchev–Trinajstić information content (AvgIpc) is 2.90. The number of carbonyl (C=O) groups is 1. The number of nitro benzene ring substituents is 1. The summed E-state index contributed by atoms with van der Waals surface area (Å²) in [5.41, 5.74) is -0.210. The third kappa shape index (κ3) is 3.37. The van der Waals surface area contributed by atoms with Gasteiger partial charge in [0.15, 0.2) is 11.4 Å². The maximum absolute atomic E-state index is 11.4. The molecule has 0 spiro atoms. The minimum absolute atomic E-state index is 0.0478. The summed E-state index contributed by atoms with van der Waals surface area (Å²) in [7, 11) is 0. The molecule has 8 nitrogen and oxygen atoms in total. The molecular formula is C12H9BrN2O6. The van der Waals surface area contributed by atoms with E-state index in [0.29, 0.717) is 0 Å². The third-order valence-electron chi connectivity index (χ3n) is 2.30. The second kappa shape index (κ2) is 6.35. The van der Waals surface area contributed by atoms with Gasteiger partial charge < -0.3 is 13.9 Å². The zero-order valence-corrected chi connectivity index (χ0v) is 12.3. The van der Waals surface area contributed by atoms with Gasteiger partial charge in [-0.3, -0.25) is 10.1 Å². The van der Waals surface area contributed by atoms with Gasteiger partial charge in [0.2, 0.25) is 0 Å². The van der Waals surface area contributed by atoms with Crippen LogP contribution in [0.15, 0.2) is 33.4 Å². The summed E-state index contributed by atoms with van der Waals surface area (Å²) in [5.74, 6) is -0.504. The first-order valence-corrected chi connectivity index (χ1v) is 6.55. The number of ether oxygens (including phenoxy) is 2. The highest BCUT2D eigenvalue weighted by Gasteiger charge is 2.19. The molecule has 0 atom stereocenters. The zero-order valence-electron chi connectivity index (χ0n) is 10.7. The molecule has 1 aromatic carbocycles. The van der Waals surface area contributed by atoms with Crippen LogP contribution >= 0.6 is 15.9 Å². The Labute approximate surface area is 127 Å². The summed E-state index contributed by atoms with van der Waals surface area (Å²) in [6, 6.07) is 4.26. The molecule has 0 bridgehead atoms. The maximum Gasteiger partial charge on any atom is 0.399 e. The number of hydrogen-bond acceptors (Lipinski definition) is 7. The van der Waals surface area contributed by atoms with E-state index in [9.17, 15) is 14.9 Å². The van der Waals surface area contributed by atoms with Gasteiger partial charge in [-0.2, -0.15) is 4.98 Å². The van der Waals surface area contributed by atoms with Crippen molar-refractivity contribution in [1.82, 2.24) is 4.98 Å². The Morgan fingerprint density at radius 2 is 2.29 bits per heavy atom. The fraction of sp³-hybridized carbons (Fsp3) is 0.167. The molecule has 0 fully saturated rings. The van der Waals surface area contributed by atoms with Crippen molar-refractivity contribution in [2.75, 3.05) is 6.61 Å². The van der Waals surface area contributed by atoms with Crippen molar-refractivity contribution < 1.29 is 23.6 Å². The molecule has 0 radical (unpaired) electrons. The Hall–Kier alpha value is -2.42. The molecule has 21 heavy (non-hydrogen) atoms. The standard InChI is InChI=1S/C12H9BrN2O6/c1-2-19-11(16)7-6-20-12(14-7)21-9-5-3-4-8(10(9)13)15(17)18/h3-6H,2H2,1H3. The number of aromatic nitrogens is 1. The second-order valence-corrected chi connectivity index (χ2v) is 4.46. The molecule has 110 valence electrons. The van der Waals surface area contributed by atoms with Gasteiger partial charge in [-0.25, -0.2) is 4.79 Å². The van der Waals surface area contributed by atoms with Gasteiger partial charge in [0.05, 0.1) is 11.5 Å². The topological polar surface area (TPSA) is 105 Å². The number of carbonyl (C=O) groups excluding carboxylic acids is 1. The van der Waals surface area contributed by atoms with Gasteiger partial charge in [0, 0.05) is 6.07 Å². The number of benzene rings is 1. The van der Waals surface area contributed by atoms with Crippen LogP contribution in [0.2, 0.25) is 0 Å². The maximum atomic E-state index is 11.4. The van der Waals surface area contributed by atoms with Gasteiger partial charge in [0.1, 0.15) is 10.7 Å². The number of hydrogen-bond donors (Lipinski definition) is 0. The van der Waals surface area contributed by atoms with Crippen LogP contribution in [0.25, 0.3) is 0 Å². The highest BCUT2D eigenvalue weighted by atomic mass is 79.9. The quantitative estimate of drug-likeness (QED) is 0.459. The van der Waals surface area contributed by atoms with Crippen LogP contribution in [0.3, 0.4) is 0 Å². The molecule has 9 heteroatoms. The lowest BCUT2D eigenvalue weighted by atomic mass is 10.3. The van der Waals surface area contributed by atoms with Gasteiger partial charge in [-0.05, 0) is 28.9 Å². The van der Waals surface area contributed by atoms with Crippen molar-refractivity contribution in [1.29, 1.82) is 0 Å². The lowest BCUT2D eigenvalue weighted by molar-refractivity contribution is -0.385. The number of rotatable bonds is 5. The first-order valence-electron chi connectivity index (χ1n) is 5.76. The largest absolute Gasteiger partial charge is 0.461 e. The van der Waals surface area contributed by atoms with E-state index in [0.717, 1.165) is 6.26 Å². The Morgan fingerprint density at radius 1 is 1.52 bits per heavy atom. The number of nitrogens with zero attached hydrogens (tertiary/aromatic N) is 2. The number of nitro groups is 1. The fourth-order valence-corrected chi connectivity index (χ4v) is 1.91. The summed E-state index contributed by atoms with van der Waals surface area (Å²) in [6.45, 7) is 1.87. The van der Waals surface area contributed by atoms with Crippen molar-refractivity contribution in [3.8, 4) is 11.8 Å². The van der Waals surface area contributed by atoms with E-state index >= 15 is 0 Å². The van der Waals surface area contributed by atoms with Crippen LogP contribution in [0, 0.1) is 10.1 Å². The minimum Gasteiger partial charge on any atom is -0.461 e. The SMILES string of the molecule is CCOC(=O)c1coc(Oc2cccc([N+](=O)[O-])c2Br)n1. The number of esters is 1. The van der Waals surface area contributed by atoms with Gasteiger partial charge >= 0.3 is 12.0 Å². The molecule has 2 aromatic rings. The Balaban J connectivity index is 2.21. The van der Waals surface area contributed by atoms with Crippen molar-refractivity contribution in [3.63, 3.8) is 0 Å². The summed E-state index contributed by atoms with van der Waals surface area (Å²) in [6.07, 6.45) is 0.859. The van der Waals surface area contributed by atoms with Gasteiger partial charge in [-0.1, -0.05) is 6.07 Å². The molecule has 0 saturated carbocycles. The number of oxazole rings is 1. The van der Waals surface area contributed by atoms with Crippen LogP contribution in [-0.4, -0.2) is 22.5 Å². The molecule has 0 aliphatic rings. The Kier molecular flexibility index (Phi) is 4.53. The summed E-state index contributed by atoms with van der Waals surface area (Å²) >= 11 is 3.07. The van der Waals surface area contributed by atoms with E-state index in [1.165, 1.54) is 18.2 Å². The molecule has 0 aliphatic heterocycles. The Morgan fingerprint density at radius 3 is 2.95 bits per heavy atom. The van der Waals surface area contributed by atoms with Gasteiger partial charge in [0.25, 0.3) is 5.69 Å². The van der Waals surface area contributed by atoms with Crippen LogP contribution in [-0.2, 0) is 4.74 Å². The molecule has 0 amide bonds.